The number of amides is 1. The Balaban J connectivity index is 2.85. The van der Waals surface area contributed by atoms with E-state index in [1.165, 1.54) is 6.08 Å². The fraction of sp³-hybridized carbons (Fsp3) is 0.692. The van der Waals surface area contributed by atoms with Crippen molar-refractivity contribution in [3.05, 3.63) is 12.2 Å². The molecular formula is C13H23N3O5. The van der Waals surface area contributed by atoms with Crippen LogP contribution in [0.5, 0.6) is 0 Å². The first-order valence-electron chi connectivity index (χ1n) is 6.76. The lowest BCUT2D eigenvalue weighted by Gasteiger charge is -2.26. The quantitative estimate of drug-likeness (QED) is 0.267. The lowest BCUT2D eigenvalue weighted by Crippen LogP contribution is -2.54. The Bertz CT molecular complexity index is 428. The second kappa shape index (κ2) is 7.10. The van der Waals surface area contributed by atoms with Crippen molar-refractivity contribution in [2.75, 3.05) is 6.61 Å². The molecule has 1 fully saturated rings. The van der Waals surface area contributed by atoms with Crippen LogP contribution >= 0.6 is 0 Å². The Morgan fingerprint density at radius 3 is 2.62 bits per heavy atom. The van der Waals surface area contributed by atoms with E-state index in [1.54, 1.807) is 19.9 Å². The van der Waals surface area contributed by atoms with Gasteiger partial charge in [0, 0.05) is 0 Å². The van der Waals surface area contributed by atoms with Crippen LogP contribution in [-0.4, -0.2) is 57.7 Å². The van der Waals surface area contributed by atoms with Crippen molar-refractivity contribution in [2.45, 2.75) is 44.3 Å². The summed E-state index contributed by atoms with van der Waals surface area (Å²) in [6.45, 7) is 2.73. The number of nitrogens with one attached hydrogen (secondary N) is 2. The molecule has 1 aliphatic rings. The van der Waals surface area contributed by atoms with E-state index in [-0.39, 0.29) is 5.84 Å². The standard InChI is InChI=1S/C13H23N3O5/c1-3-5-8(14)16-12(20)7(4-2)10-9(18)11(19)13(15,6-17)21-10/h3,5,7,9-11,17-19H,4,6,15H2,1-2H3,(H2,14,16,20)/b5-3-/t7?,9-,10?,11-,13+/m0/s1. The van der Waals surface area contributed by atoms with Crippen LogP contribution in [0.4, 0.5) is 0 Å². The molecule has 1 amide bonds. The monoisotopic (exact) mass is 301 g/mol. The smallest absolute Gasteiger partial charge is 0.231 e. The molecule has 8 heteroatoms. The van der Waals surface area contributed by atoms with Gasteiger partial charge in [0.05, 0.1) is 12.5 Å². The van der Waals surface area contributed by atoms with Crippen LogP contribution in [0.25, 0.3) is 0 Å². The number of allylic oxidation sites excluding steroid dienone is 1. The maximum atomic E-state index is 12.1. The van der Waals surface area contributed by atoms with Gasteiger partial charge in [-0.2, -0.15) is 0 Å². The summed E-state index contributed by atoms with van der Waals surface area (Å²) in [5.41, 5.74) is 3.86. The first-order chi connectivity index (χ1) is 9.80. The fourth-order valence-electron chi connectivity index (χ4n) is 2.31. The minimum atomic E-state index is -1.80. The van der Waals surface area contributed by atoms with Crippen molar-refractivity contribution < 1.29 is 24.9 Å². The number of ether oxygens (including phenoxy) is 1. The Morgan fingerprint density at radius 1 is 1.57 bits per heavy atom. The van der Waals surface area contributed by atoms with Crippen LogP contribution in [0.3, 0.4) is 0 Å². The van der Waals surface area contributed by atoms with Crippen molar-refractivity contribution in [2.24, 2.45) is 11.7 Å². The van der Waals surface area contributed by atoms with Crippen molar-refractivity contribution in [3.63, 3.8) is 0 Å². The van der Waals surface area contributed by atoms with Gasteiger partial charge >= 0.3 is 0 Å². The molecule has 0 radical (unpaired) electrons. The number of carbonyl (C=O) groups excluding carboxylic acids is 1. The fourth-order valence-corrected chi connectivity index (χ4v) is 2.31. The average molecular weight is 301 g/mol. The molecule has 0 aromatic carbocycles. The first-order valence-corrected chi connectivity index (χ1v) is 6.76. The summed E-state index contributed by atoms with van der Waals surface area (Å²) in [5.74, 6) is -1.41. The molecule has 0 spiro atoms. The van der Waals surface area contributed by atoms with Crippen LogP contribution in [0.15, 0.2) is 12.2 Å². The van der Waals surface area contributed by atoms with Gasteiger partial charge < -0.3 is 25.4 Å². The number of rotatable bonds is 5. The number of aliphatic hydroxyl groups excluding tert-OH is 3. The predicted molar refractivity (Wildman–Crippen MR) is 75.4 cm³/mol. The van der Waals surface area contributed by atoms with Crippen LogP contribution in [-0.2, 0) is 9.53 Å². The Hall–Kier alpha value is -1.32. The van der Waals surface area contributed by atoms with E-state index < -0.39 is 42.5 Å². The molecule has 120 valence electrons. The minimum absolute atomic E-state index is 0.0878. The Labute approximate surface area is 123 Å². The van der Waals surface area contributed by atoms with E-state index in [9.17, 15) is 20.1 Å². The molecule has 2 unspecified atom stereocenters. The van der Waals surface area contributed by atoms with Gasteiger partial charge in [0.25, 0.3) is 0 Å². The number of nitrogens with two attached hydrogens (primary N) is 1. The van der Waals surface area contributed by atoms with Gasteiger partial charge in [-0.3, -0.25) is 15.9 Å². The average Bonchev–Trinajstić information content (AvgIpc) is 2.65. The van der Waals surface area contributed by atoms with Gasteiger partial charge in [0.15, 0.2) is 5.72 Å². The summed E-state index contributed by atoms with van der Waals surface area (Å²) in [4.78, 5) is 12.1. The molecular weight excluding hydrogens is 278 g/mol. The number of hydrogen-bond donors (Lipinski definition) is 6. The Morgan fingerprint density at radius 2 is 2.19 bits per heavy atom. The lowest BCUT2D eigenvalue weighted by atomic mass is 9.92. The maximum absolute atomic E-state index is 12.1. The third-order valence-electron chi connectivity index (χ3n) is 3.53. The second-order valence-corrected chi connectivity index (χ2v) is 5.05. The topological polar surface area (TPSA) is 149 Å². The third kappa shape index (κ3) is 3.66. The summed E-state index contributed by atoms with van der Waals surface area (Å²) in [6.07, 6.45) is -0.624. The van der Waals surface area contributed by atoms with Crippen LogP contribution in [0.1, 0.15) is 20.3 Å². The molecule has 0 aromatic heterocycles. The molecule has 5 atom stereocenters. The van der Waals surface area contributed by atoms with Gasteiger partial charge in [0.2, 0.25) is 5.91 Å². The zero-order valence-corrected chi connectivity index (χ0v) is 12.1. The highest BCUT2D eigenvalue weighted by atomic mass is 16.6. The summed E-state index contributed by atoms with van der Waals surface area (Å²) >= 11 is 0. The molecule has 0 bridgehead atoms. The van der Waals surface area contributed by atoms with E-state index >= 15 is 0 Å². The van der Waals surface area contributed by atoms with Crippen molar-refractivity contribution in [3.8, 4) is 0 Å². The second-order valence-electron chi connectivity index (χ2n) is 5.05. The summed E-state index contributed by atoms with van der Waals surface area (Å²) < 4.78 is 5.32. The van der Waals surface area contributed by atoms with E-state index in [2.05, 4.69) is 5.32 Å². The van der Waals surface area contributed by atoms with E-state index in [0.717, 1.165) is 0 Å². The summed E-state index contributed by atoms with van der Waals surface area (Å²) in [7, 11) is 0. The van der Waals surface area contributed by atoms with Gasteiger partial charge in [-0.1, -0.05) is 13.0 Å². The third-order valence-corrected chi connectivity index (χ3v) is 3.53. The molecule has 0 aliphatic carbocycles. The number of amidine groups is 1. The highest BCUT2D eigenvalue weighted by Crippen LogP contribution is 2.32. The van der Waals surface area contributed by atoms with Gasteiger partial charge in [-0.05, 0) is 19.4 Å². The molecule has 1 saturated heterocycles. The predicted octanol–water partition coefficient (Wildman–Crippen LogP) is -1.55. The normalized spacial score (nSPS) is 34.1. The molecule has 1 heterocycles. The van der Waals surface area contributed by atoms with Crippen molar-refractivity contribution in [1.29, 1.82) is 5.41 Å². The van der Waals surface area contributed by atoms with Crippen LogP contribution in [0, 0.1) is 11.3 Å². The zero-order chi connectivity index (χ0) is 16.2. The van der Waals surface area contributed by atoms with Crippen LogP contribution < -0.4 is 11.1 Å². The SMILES string of the molecule is C/C=C\C(=N)NC(=O)C(CC)C1O[C@](N)(CO)[C@@H](O)[C@H]1O. The zero-order valence-electron chi connectivity index (χ0n) is 12.1. The lowest BCUT2D eigenvalue weighted by molar-refractivity contribution is -0.140. The molecule has 0 aromatic rings. The maximum Gasteiger partial charge on any atom is 0.231 e. The molecule has 8 nitrogen and oxygen atoms in total. The summed E-state index contributed by atoms with van der Waals surface area (Å²) in [5, 5.41) is 38.9. The van der Waals surface area contributed by atoms with E-state index in [4.69, 9.17) is 15.9 Å². The van der Waals surface area contributed by atoms with Crippen LogP contribution in [0.2, 0.25) is 0 Å². The van der Waals surface area contributed by atoms with E-state index in [0.29, 0.717) is 6.42 Å². The number of hydrogen-bond acceptors (Lipinski definition) is 7. The molecule has 1 rings (SSSR count). The highest BCUT2D eigenvalue weighted by molar-refractivity contribution is 6.03. The van der Waals surface area contributed by atoms with Crippen molar-refractivity contribution >= 4 is 11.7 Å². The van der Waals surface area contributed by atoms with Gasteiger partial charge in [0.1, 0.15) is 24.1 Å². The minimum Gasteiger partial charge on any atom is -0.392 e. The van der Waals surface area contributed by atoms with Crippen molar-refractivity contribution in [1.82, 2.24) is 5.32 Å². The molecule has 7 N–H and O–H groups in total. The van der Waals surface area contributed by atoms with Gasteiger partial charge in [-0.25, -0.2) is 0 Å². The molecule has 0 saturated carbocycles. The van der Waals surface area contributed by atoms with Gasteiger partial charge in [-0.15, -0.1) is 0 Å². The highest BCUT2D eigenvalue weighted by Gasteiger charge is 2.54. The molecule has 1 aliphatic heterocycles. The first kappa shape index (κ1) is 17.7. The number of aliphatic hydroxyl groups is 3. The largest absolute Gasteiger partial charge is 0.392 e. The Kier molecular flexibility index (Phi) is 5.99. The summed E-state index contributed by atoms with van der Waals surface area (Å²) in [6, 6.07) is 0. The van der Waals surface area contributed by atoms with E-state index in [1.807, 2.05) is 0 Å². The molecule has 21 heavy (non-hydrogen) atoms. The number of carbonyl (C=O) groups is 1.